The molecule has 0 aromatic heterocycles. The summed E-state index contributed by atoms with van der Waals surface area (Å²) in [5, 5.41) is 0.642. The molecule has 0 saturated heterocycles. The second-order valence-electron chi connectivity index (χ2n) is 4.21. The van der Waals surface area contributed by atoms with Gasteiger partial charge < -0.3 is 4.74 Å². The first-order chi connectivity index (χ1) is 8.63. The standard InChI is InChI=1S/C14H15ClO2S/c1-3-9(2)18-13-11(15)14(16)17-12(13)10-7-5-4-6-8-10/h4-9,12H,3H2,1-2H3. The van der Waals surface area contributed by atoms with Crippen molar-refractivity contribution in [2.45, 2.75) is 31.6 Å². The van der Waals surface area contributed by atoms with Crippen LogP contribution in [0.25, 0.3) is 0 Å². The number of hydrogen-bond donors (Lipinski definition) is 0. The third kappa shape index (κ3) is 2.73. The van der Waals surface area contributed by atoms with Gasteiger partial charge in [-0.3, -0.25) is 0 Å². The van der Waals surface area contributed by atoms with Gasteiger partial charge in [0.05, 0.1) is 4.91 Å². The molecule has 2 atom stereocenters. The Morgan fingerprint density at radius 1 is 1.39 bits per heavy atom. The smallest absolute Gasteiger partial charge is 0.351 e. The summed E-state index contributed by atoms with van der Waals surface area (Å²) < 4.78 is 5.35. The molecule has 1 aliphatic heterocycles. The van der Waals surface area contributed by atoms with Gasteiger partial charge in [0.2, 0.25) is 0 Å². The molecule has 1 aliphatic rings. The maximum Gasteiger partial charge on any atom is 0.351 e. The van der Waals surface area contributed by atoms with Gasteiger partial charge >= 0.3 is 5.97 Å². The van der Waals surface area contributed by atoms with E-state index in [4.69, 9.17) is 16.3 Å². The molecule has 2 unspecified atom stereocenters. The van der Waals surface area contributed by atoms with E-state index in [0.717, 1.165) is 16.9 Å². The molecule has 2 nitrogen and oxygen atoms in total. The summed E-state index contributed by atoms with van der Waals surface area (Å²) >= 11 is 7.68. The quantitative estimate of drug-likeness (QED) is 0.772. The van der Waals surface area contributed by atoms with Crippen molar-refractivity contribution in [3.8, 4) is 0 Å². The average Bonchev–Trinajstić information content (AvgIpc) is 2.68. The van der Waals surface area contributed by atoms with Crippen LogP contribution in [0.5, 0.6) is 0 Å². The van der Waals surface area contributed by atoms with Crippen LogP contribution in [-0.4, -0.2) is 11.2 Å². The lowest BCUT2D eigenvalue weighted by Crippen LogP contribution is -2.03. The van der Waals surface area contributed by atoms with Crippen LogP contribution in [0.2, 0.25) is 0 Å². The highest BCUT2D eigenvalue weighted by molar-refractivity contribution is 8.03. The normalized spacial score (nSPS) is 21.1. The van der Waals surface area contributed by atoms with Crippen molar-refractivity contribution >= 4 is 29.3 Å². The fourth-order valence-electron chi connectivity index (χ4n) is 1.69. The Bertz CT molecular complexity index is 470. The van der Waals surface area contributed by atoms with Gasteiger partial charge in [0, 0.05) is 5.25 Å². The van der Waals surface area contributed by atoms with Crippen molar-refractivity contribution < 1.29 is 9.53 Å². The molecule has 1 aromatic carbocycles. The van der Waals surface area contributed by atoms with E-state index >= 15 is 0 Å². The Labute approximate surface area is 116 Å². The van der Waals surface area contributed by atoms with Crippen LogP contribution in [0.4, 0.5) is 0 Å². The number of cyclic esters (lactones) is 1. The first-order valence-corrected chi connectivity index (χ1v) is 7.21. The minimum atomic E-state index is -0.420. The van der Waals surface area contributed by atoms with Crippen molar-refractivity contribution in [1.29, 1.82) is 0 Å². The number of halogens is 1. The Morgan fingerprint density at radius 3 is 2.67 bits per heavy atom. The van der Waals surface area contributed by atoms with E-state index < -0.39 is 5.97 Å². The molecule has 0 aliphatic carbocycles. The fourth-order valence-corrected chi connectivity index (χ4v) is 3.06. The Hall–Kier alpha value is -0.930. The van der Waals surface area contributed by atoms with E-state index in [1.54, 1.807) is 11.8 Å². The zero-order chi connectivity index (χ0) is 13.1. The maximum atomic E-state index is 11.6. The number of carbonyl (C=O) groups is 1. The van der Waals surface area contributed by atoms with E-state index in [9.17, 15) is 4.79 Å². The number of benzene rings is 1. The summed E-state index contributed by atoms with van der Waals surface area (Å²) in [6.45, 7) is 4.23. The summed E-state index contributed by atoms with van der Waals surface area (Å²) in [6, 6.07) is 9.70. The summed E-state index contributed by atoms with van der Waals surface area (Å²) in [5.41, 5.74) is 0.965. The second kappa shape index (κ2) is 5.81. The van der Waals surface area contributed by atoms with Crippen LogP contribution in [0.1, 0.15) is 31.9 Å². The first kappa shape index (κ1) is 13.5. The number of thioether (sulfide) groups is 1. The monoisotopic (exact) mass is 282 g/mol. The molecule has 1 aromatic rings. The highest BCUT2D eigenvalue weighted by atomic mass is 35.5. The minimum absolute atomic E-state index is 0.231. The summed E-state index contributed by atoms with van der Waals surface area (Å²) in [7, 11) is 0. The minimum Gasteiger partial charge on any atom is -0.448 e. The lowest BCUT2D eigenvalue weighted by molar-refractivity contribution is -0.139. The van der Waals surface area contributed by atoms with Gasteiger partial charge in [-0.25, -0.2) is 4.79 Å². The van der Waals surface area contributed by atoms with E-state index in [2.05, 4.69) is 13.8 Å². The maximum absolute atomic E-state index is 11.6. The number of esters is 1. The highest BCUT2D eigenvalue weighted by Gasteiger charge is 2.35. The molecule has 18 heavy (non-hydrogen) atoms. The van der Waals surface area contributed by atoms with E-state index in [1.165, 1.54) is 0 Å². The van der Waals surface area contributed by atoms with Crippen LogP contribution >= 0.6 is 23.4 Å². The Morgan fingerprint density at radius 2 is 2.06 bits per heavy atom. The molecule has 0 amide bonds. The van der Waals surface area contributed by atoms with Crippen molar-refractivity contribution in [3.05, 3.63) is 45.8 Å². The van der Waals surface area contributed by atoms with E-state index in [1.807, 2.05) is 30.3 Å². The SMILES string of the molecule is CCC(C)SC1=C(Cl)C(=O)OC1c1ccccc1. The third-order valence-corrected chi connectivity index (χ3v) is 4.74. The molecule has 0 bridgehead atoms. The summed E-state index contributed by atoms with van der Waals surface area (Å²) in [6.07, 6.45) is 0.679. The Kier molecular flexibility index (Phi) is 4.36. The van der Waals surface area contributed by atoms with Crippen molar-refractivity contribution in [3.63, 3.8) is 0 Å². The van der Waals surface area contributed by atoms with Crippen molar-refractivity contribution in [1.82, 2.24) is 0 Å². The fraction of sp³-hybridized carbons (Fsp3) is 0.357. The molecular formula is C14H15ClO2S. The lowest BCUT2D eigenvalue weighted by Gasteiger charge is -2.16. The van der Waals surface area contributed by atoms with Crippen LogP contribution in [0, 0.1) is 0 Å². The number of ether oxygens (including phenoxy) is 1. The van der Waals surface area contributed by atoms with Gasteiger partial charge in [0.1, 0.15) is 5.03 Å². The topological polar surface area (TPSA) is 26.3 Å². The van der Waals surface area contributed by atoms with Gasteiger partial charge in [0.25, 0.3) is 0 Å². The Balaban J connectivity index is 2.29. The van der Waals surface area contributed by atoms with Crippen molar-refractivity contribution in [2.24, 2.45) is 0 Å². The largest absolute Gasteiger partial charge is 0.448 e. The first-order valence-electron chi connectivity index (χ1n) is 5.95. The number of carbonyl (C=O) groups excluding carboxylic acids is 1. The lowest BCUT2D eigenvalue weighted by atomic mass is 10.1. The molecule has 0 spiro atoms. The van der Waals surface area contributed by atoms with Crippen LogP contribution < -0.4 is 0 Å². The zero-order valence-electron chi connectivity index (χ0n) is 10.4. The molecule has 0 saturated carbocycles. The molecule has 1 heterocycles. The number of hydrogen-bond acceptors (Lipinski definition) is 3. The van der Waals surface area contributed by atoms with Gasteiger partial charge in [0.15, 0.2) is 6.10 Å². The highest BCUT2D eigenvalue weighted by Crippen LogP contribution is 2.45. The molecule has 0 fully saturated rings. The zero-order valence-corrected chi connectivity index (χ0v) is 11.9. The van der Waals surface area contributed by atoms with Crippen LogP contribution in [-0.2, 0) is 9.53 Å². The van der Waals surface area contributed by atoms with Crippen LogP contribution in [0.15, 0.2) is 40.3 Å². The molecule has 2 rings (SSSR count). The predicted molar refractivity (Wildman–Crippen MR) is 75.5 cm³/mol. The third-order valence-electron chi connectivity index (χ3n) is 2.86. The van der Waals surface area contributed by atoms with E-state index in [0.29, 0.717) is 5.25 Å². The van der Waals surface area contributed by atoms with Gasteiger partial charge in [-0.2, -0.15) is 0 Å². The van der Waals surface area contributed by atoms with Gasteiger partial charge in [-0.05, 0) is 12.0 Å². The summed E-state index contributed by atoms with van der Waals surface area (Å²) in [4.78, 5) is 12.4. The predicted octanol–water partition coefficient (Wildman–Crippen LogP) is 4.27. The molecule has 4 heteroatoms. The number of rotatable bonds is 4. The summed E-state index contributed by atoms with van der Waals surface area (Å²) in [5.74, 6) is -0.420. The second-order valence-corrected chi connectivity index (χ2v) is 6.07. The van der Waals surface area contributed by atoms with Gasteiger partial charge in [-0.1, -0.05) is 55.8 Å². The molecular weight excluding hydrogens is 268 g/mol. The van der Waals surface area contributed by atoms with Crippen molar-refractivity contribution in [2.75, 3.05) is 0 Å². The molecule has 0 N–H and O–H groups in total. The van der Waals surface area contributed by atoms with Gasteiger partial charge in [-0.15, -0.1) is 11.8 Å². The molecule has 0 radical (unpaired) electrons. The molecule has 96 valence electrons. The van der Waals surface area contributed by atoms with Crippen LogP contribution in [0.3, 0.4) is 0 Å². The van der Waals surface area contributed by atoms with E-state index in [-0.39, 0.29) is 11.1 Å². The average molecular weight is 283 g/mol.